The molecule has 0 saturated carbocycles. The minimum absolute atomic E-state index is 0.258. The number of H-pyrrole nitrogens is 2. The summed E-state index contributed by atoms with van der Waals surface area (Å²) in [5.74, 6) is 0.549. The molecule has 0 bridgehead atoms. The van der Waals surface area contributed by atoms with Crippen molar-refractivity contribution in [1.29, 1.82) is 0 Å². The van der Waals surface area contributed by atoms with Crippen LogP contribution in [0, 0.1) is 0 Å². The van der Waals surface area contributed by atoms with Crippen LogP contribution < -0.4 is 11.1 Å². The van der Waals surface area contributed by atoms with Crippen LogP contribution in [-0.4, -0.2) is 37.8 Å². The molecule has 0 atom stereocenters. The van der Waals surface area contributed by atoms with Crippen molar-refractivity contribution in [3.05, 3.63) is 23.5 Å². The lowest BCUT2D eigenvalue weighted by atomic mass is 10.2. The molecule has 2 heterocycles. The highest BCUT2D eigenvalue weighted by molar-refractivity contribution is 5.97. The van der Waals surface area contributed by atoms with E-state index >= 15 is 0 Å². The molecule has 19 heavy (non-hydrogen) atoms. The van der Waals surface area contributed by atoms with Crippen molar-refractivity contribution >= 4 is 11.6 Å². The van der Waals surface area contributed by atoms with Gasteiger partial charge in [-0.25, -0.2) is 4.98 Å². The number of aromatic nitrogens is 5. The monoisotopic (exact) mass is 263 g/mol. The van der Waals surface area contributed by atoms with E-state index in [-0.39, 0.29) is 11.6 Å². The molecule has 0 spiro atoms. The first-order valence-corrected chi connectivity index (χ1v) is 6.17. The highest BCUT2D eigenvalue weighted by Gasteiger charge is 2.15. The summed E-state index contributed by atoms with van der Waals surface area (Å²) in [7, 11) is 0. The fourth-order valence-corrected chi connectivity index (χ4v) is 1.72. The molecule has 0 aliphatic carbocycles. The third kappa shape index (κ3) is 3.09. The molecule has 0 saturated heterocycles. The number of nitrogens with one attached hydrogen (secondary N) is 3. The van der Waals surface area contributed by atoms with Crippen LogP contribution >= 0.6 is 0 Å². The van der Waals surface area contributed by atoms with Crippen LogP contribution in [0.25, 0.3) is 0 Å². The zero-order valence-corrected chi connectivity index (χ0v) is 10.7. The summed E-state index contributed by atoms with van der Waals surface area (Å²) in [5.41, 5.74) is 7.29. The molecule has 2 aromatic rings. The van der Waals surface area contributed by atoms with E-state index in [4.69, 9.17) is 5.73 Å². The van der Waals surface area contributed by atoms with E-state index in [1.807, 2.05) is 6.92 Å². The fourth-order valence-electron chi connectivity index (χ4n) is 1.72. The van der Waals surface area contributed by atoms with Gasteiger partial charge in [0.25, 0.3) is 5.91 Å². The van der Waals surface area contributed by atoms with E-state index < -0.39 is 0 Å². The second-order valence-corrected chi connectivity index (χ2v) is 4.11. The van der Waals surface area contributed by atoms with Crippen molar-refractivity contribution < 1.29 is 4.79 Å². The summed E-state index contributed by atoms with van der Waals surface area (Å²) in [6.45, 7) is 2.48. The quantitative estimate of drug-likeness (QED) is 0.547. The van der Waals surface area contributed by atoms with E-state index in [0.29, 0.717) is 12.2 Å². The molecule has 0 aliphatic heterocycles. The molecule has 1 amide bonds. The first kappa shape index (κ1) is 13.1. The third-order valence-corrected chi connectivity index (χ3v) is 2.79. The van der Waals surface area contributed by atoms with Gasteiger partial charge in [0.1, 0.15) is 12.2 Å². The number of carbonyl (C=O) groups is 1. The topological polar surface area (TPSA) is 125 Å². The Balaban J connectivity index is 1.79. The summed E-state index contributed by atoms with van der Waals surface area (Å²) in [6, 6.07) is 0. The number of aryl methyl sites for hydroxylation is 2. The number of aromatic amines is 2. The number of hydrogen-bond acceptors (Lipinski definition) is 5. The molecular weight excluding hydrogens is 246 g/mol. The molecular formula is C11H17N7O. The summed E-state index contributed by atoms with van der Waals surface area (Å²) < 4.78 is 0. The van der Waals surface area contributed by atoms with Gasteiger partial charge in [0.05, 0.1) is 11.4 Å². The summed E-state index contributed by atoms with van der Waals surface area (Å²) in [6.07, 6.45) is 3.69. The van der Waals surface area contributed by atoms with Gasteiger partial charge in [-0.2, -0.15) is 10.2 Å². The predicted molar refractivity (Wildman–Crippen MR) is 69.4 cm³/mol. The van der Waals surface area contributed by atoms with Gasteiger partial charge in [-0.15, -0.1) is 0 Å². The Morgan fingerprint density at radius 1 is 1.47 bits per heavy atom. The molecule has 0 fully saturated rings. The second kappa shape index (κ2) is 5.98. The summed E-state index contributed by atoms with van der Waals surface area (Å²) in [5, 5.41) is 16.0. The smallest absolute Gasteiger partial charge is 0.273 e. The fraction of sp³-hybridized carbons (Fsp3) is 0.455. The van der Waals surface area contributed by atoms with Gasteiger partial charge >= 0.3 is 0 Å². The Morgan fingerprint density at radius 2 is 2.32 bits per heavy atom. The SMILES string of the molecule is CCc1[nH]nc(C(=O)NCCCc2ncn[nH]2)c1N. The van der Waals surface area contributed by atoms with Crippen molar-refractivity contribution in [1.82, 2.24) is 30.7 Å². The van der Waals surface area contributed by atoms with E-state index in [1.54, 1.807) is 0 Å². The number of nitrogens with zero attached hydrogens (tertiary/aromatic N) is 3. The Bertz CT molecular complexity index is 531. The van der Waals surface area contributed by atoms with Crippen LogP contribution in [0.3, 0.4) is 0 Å². The van der Waals surface area contributed by atoms with Gasteiger partial charge in [0.2, 0.25) is 0 Å². The van der Waals surface area contributed by atoms with Crippen LogP contribution in [0.4, 0.5) is 5.69 Å². The Labute approximate surface area is 110 Å². The predicted octanol–water partition coefficient (Wildman–Crippen LogP) is 0.0350. The van der Waals surface area contributed by atoms with Gasteiger partial charge in [-0.05, 0) is 12.8 Å². The lowest BCUT2D eigenvalue weighted by molar-refractivity contribution is 0.0949. The summed E-state index contributed by atoms with van der Waals surface area (Å²) in [4.78, 5) is 15.8. The highest BCUT2D eigenvalue weighted by Crippen LogP contribution is 2.13. The molecule has 8 nitrogen and oxygen atoms in total. The van der Waals surface area contributed by atoms with Gasteiger partial charge in [-0.1, -0.05) is 6.92 Å². The van der Waals surface area contributed by atoms with Gasteiger partial charge in [-0.3, -0.25) is 15.0 Å². The highest BCUT2D eigenvalue weighted by atomic mass is 16.1. The molecule has 0 unspecified atom stereocenters. The molecule has 0 aromatic carbocycles. The maximum absolute atomic E-state index is 11.8. The number of rotatable bonds is 6. The van der Waals surface area contributed by atoms with Crippen LogP contribution in [-0.2, 0) is 12.8 Å². The van der Waals surface area contributed by atoms with E-state index in [0.717, 1.165) is 30.8 Å². The zero-order valence-electron chi connectivity index (χ0n) is 10.7. The van der Waals surface area contributed by atoms with E-state index in [9.17, 15) is 4.79 Å². The van der Waals surface area contributed by atoms with Crippen molar-refractivity contribution in [2.45, 2.75) is 26.2 Å². The largest absolute Gasteiger partial charge is 0.395 e. The maximum atomic E-state index is 11.8. The second-order valence-electron chi connectivity index (χ2n) is 4.11. The van der Waals surface area contributed by atoms with Gasteiger partial charge < -0.3 is 11.1 Å². The normalized spacial score (nSPS) is 10.6. The number of carbonyl (C=O) groups excluding carboxylic acids is 1. The van der Waals surface area contributed by atoms with E-state index in [1.165, 1.54) is 6.33 Å². The molecule has 2 rings (SSSR count). The molecule has 8 heteroatoms. The lowest BCUT2D eigenvalue weighted by Crippen LogP contribution is -2.26. The van der Waals surface area contributed by atoms with Crippen molar-refractivity contribution in [3.63, 3.8) is 0 Å². The number of amides is 1. The number of nitrogens with two attached hydrogens (primary N) is 1. The van der Waals surface area contributed by atoms with Gasteiger partial charge in [0.15, 0.2) is 5.69 Å². The average molecular weight is 263 g/mol. The average Bonchev–Trinajstić information content (AvgIpc) is 3.03. The number of nitrogen functional groups attached to an aromatic ring is 1. The lowest BCUT2D eigenvalue weighted by Gasteiger charge is -2.02. The van der Waals surface area contributed by atoms with Crippen molar-refractivity contribution in [3.8, 4) is 0 Å². The standard InChI is InChI=1S/C11H17N7O/c1-2-7-9(12)10(18-16-7)11(19)13-5-3-4-8-14-6-15-17-8/h6H,2-5,12H2,1H3,(H,13,19)(H,16,18)(H,14,15,17). The molecule has 0 radical (unpaired) electrons. The Hall–Kier alpha value is -2.38. The van der Waals surface area contributed by atoms with Crippen LogP contribution in [0.1, 0.15) is 35.4 Å². The third-order valence-electron chi connectivity index (χ3n) is 2.79. The van der Waals surface area contributed by atoms with Crippen LogP contribution in [0.5, 0.6) is 0 Å². The minimum atomic E-state index is -0.258. The first-order valence-electron chi connectivity index (χ1n) is 6.17. The van der Waals surface area contributed by atoms with Crippen molar-refractivity contribution in [2.75, 3.05) is 12.3 Å². The summed E-state index contributed by atoms with van der Waals surface area (Å²) >= 11 is 0. The molecule has 102 valence electrons. The van der Waals surface area contributed by atoms with Gasteiger partial charge in [0, 0.05) is 13.0 Å². The maximum Gasteiger partial charge on any atom is 0.273 e. The van der Waals surface area contributed by atoms with Crippen LogP contribution in [0.2, 0.25) is 0 Å². The van der Waals surface area contributed by atoms with Crippen molar-refractivity contribution in [2.24, 2.45) is 0 Å². The minimum Gasteiger partial charge on any atom is -0.395 e. The number of anilines is 1. The van der Waals surface area contributed by atoms with E-state index in [2.05, 4.69) is 30.7 Å². The Morgan fingerprint density at radius 3 is 2.95 bits per heavy atom. The zero-order chi connectivity index (χ0) is 13.7. The number of hydrogen-bond donors (Lipinski definition) is 4. The molecule has 0 aliphatic rings. The molecule has 2 aromatic heterocycles. The van der Waals surface area contributed by atoms with Crippen LogP contribution in [0.15, 0.2) is 6.33 Å². The Kier molecular flexibility index (Phi) is 4.11. The first-order chi connectivity index (χ1) is 9.22. The molecule has 5 N–H and O–H groups in total.